The van der Waals surface area contributed by atoms with Crippen molar-refractivity contribution in [1.29, 1.82) is 0 Å². The fraction of sp³-hybridized carbons (Fsp3) is 0. The maximum atomic E-state index is 11.7. The van der Waals surface area contributed by atoms with Crippen LogP contribution >= 0.6 is 0 Å². The zero-order valence-corrected chi connectivity index (χ0v) is 9.13. The lowest BCUT2D eigenvalue weighted by atomic mass is 10.1. The number of carbonyl (C=O) groups is 1. The summed E-state index contributed by atoms with van der Waals surface area (Å²) in [4.78, 5) is 11.7. The van der Waals surface area contributed by atoms with Crippen molar-refractivity contribution >= 4 is 11.9 Å². The van der Waals surface area contributed by atoms with Crippen molar-refractivity contribution in [3.63, 3.8) is 0 Å². The number of hydrogen-bond donors (Lipinski definition) is 1. The van der Waals surface area contributed by atoms with Gasteiger partial charge in [-0.3, -0.25) is 4.79 Å². The van der Waals surface area contributed by atoms with Crippen LogP contribution in [0.1, 0.15) is 15.9 Å². The van der Waals surface area contributed by atoms with Crippen molar-refractivity contribution in [2.75, 3.05) is 0 Å². The molecule has 0 saturated carbocycles. The molecule has 1 N–H and O–H groups in total. The van der Waals surface area contributed by atoms with Crippen molar-refractivity contribution < 1.29 is 9.90 Å². The summed E-state index contributed by atoms with van der Waals surface area (Å²) in [6.07, 6.45) is 3.24. The molecule has 0 bridgehead atoms. The van der Waals surface area contributed by atoms with Gasteiger partial charge in [0.15, 0.2) is 5.78 Å². The van der Waals surface area contributed by atoms with Crippen LogP contribution in [0.3, 0.4) is 0 Å². The van der Waals surface area contributed by atoms with Crippen LogP contribution in [-0.2, 0) is 0 Å². The van der Waals surface area contributed by atoms with E-state index in [1.807, 2.05) is 0 Å². The van der Waals surface area contributed by atoms with Crippen LogP contribution in [0.5, 0.6) is 5.75 Å². The van der Waals surface area contributed by atoms with Crippen molar-refractivity contribution in [3.8, 4) is 5.75 Å². The van der Waals surface area contributed by atoms with E-state index in [1.165, 1.54) is 6.08 Å². The minimum atomic E-state index is -0.0490. The van der Waals surface area contributed by atoms with Gasteiger partial charge in [0, 0.05) is 5.56 Å². The first-order valence-corrected chi connectivity index (χ1v) is 5.23. The molecule has 2 aromatic rings. The number of aromatic hydroxyl groups is 1. The highest BCUT2D eigenvalue weighted by molar-refractivity contribution is 6.06. The molecule has 2 rings (SSSR count). The van der Waals surface area contributed by atoms with Gasteiger partial charge in [-0.1, -0.05) is 42.5 Å². The predicted octanol–water partition coefficient (Wildman–Crippen LogP) is 3.09. The lowest BCUT2D eigenvalue weighted by Gasteiger charge is -1.95. The molecule has 83 valence electrons. The molecule has 2 aromatic carbocycles. The summed E-state index contributed by atoms with van der Waals surface area (Å²) in [6.45, 7) is 0. The Bertz CT molecular complexity index is 525. The van der Waals surface area contributed by atoms with Crippen LogP contribution in [0.4, 0.5) is 0 Å². The van der Waals surface area contributed by atoms with Crippen LogP contribution in [0, 0.1) is 6.07 Å². The van der Waals surface area contributed by atoms with Crippen molar-refractivity contribution in [3.05, 3.63) is 71.8 Å². The normalized spacial score (nSPS) is 10.6. The van der Waals surface area contributed by atoms with Gasteiger partial charge in [0.2, 0.25) is 0 Å². The Kier molecular flexibility index (Phi) is 3.36. The third-order valence-corrected chi connectivity index (χ3v) is 2.32. The summed E-state index contributed by atoms with van der Waals surface area (Å²) in [6, 6.07) is 16.4. The zero-order chi connectivity index (χ0) is 12.1. The fourth-order valence-electron chi connectivity index (χ4n) is 1.40. The molecular weight excluding hydrogens is 212 g/mol. The average molecular weight is 223 g/mol. The number of allylic oxidation sites excluding steroid dienone is 1. The highest BCUT2D eigenvalue weighted by atomic mass is 16.3. The fourth-order valence-corrected chi connectivity index (χ4v) is 1.40. The molecule has 0 saturated heterocycles. The maximum Gasteiger partial charge on any atom is 0.185 e. The van der Waals surface area contributed by atoms with Gasteiger partial charge in [0.1, 0.15) is 5.75 Å². The Balaban J connectivity index is 2.11. The molecule has 0 heterocycles. The zero-order valence-electron chi connectivity index (χ0n) is 9.13. The molecular formula is C15H11O2. The molecule has 17 heavy (non-hydrogen) atoms. The number of phenolic OH excluding ortho intramolecular Hbond substituents is 1. The first-order valence-electron chi connectivity index (χ1n) is 5.23. The van der Waals surface area contributed by atoms with Crippen molar-refractivity contribution in [1.82, 2.24) is 0 Å². The number of rotatable bonds is 3. The van der Waals surface area contributed by atoms with E-state index in [-0.39, 0.29) is 11.5 Å². The second-order valence-electron chi connectivity index (χ2n) is 3.58. The van der Waals surface area contributed by atoms with Crippen LogP contribution in [0.2, 0.25) is 0 Å². The van der Waals surface area contributed by atoms with E-state index >= 15 is 0 Å². The molecule has 0 aliphatic rings. The first kappa shape index (κ1) is 11.1. The summed E-state index contributed by atoms with van der Waals surface area (Å²) >= 11 is 0. The van der Waals surface area contributed by atoms with Crippen molar-refractivity contribution in [2.45, 2.75) is 0 Å². The second-order valence-corrected chi connectivity index (χ2v) is 3.58. The summed E-state index contributed by atoms with van der Waals surface area (Å²) in [5.41, 5.74) is 1.51. The van der Waals surface area contributed by atoms with E-state index in [2.05, 4.69) is 6.07 Å². The number of ketones is 1. The standard InChI is InChI=1S/C15H11O2/c16-14-9-6-12(7-10-14)8-11-15(17)13-4-2-1-3-5-13/h2-11,16H/b11-8+. The Hall–Kier alpha value is -2.35. The van der Waals surface area contributed by atoms with Crippen molar-refractivity contribution in [2.24, 2.45) is 0 Å². The summed E-state index contributed by atoms with van der Waals surface area (Å²) < 4.78 is 0. The lowest BCUT2D eigenvalue weighted by Crippen LogP contribution is -1.92. The number of benzene rings is 2. The topological polar surface area (TPSA) is 37.3 Å². The number of hydrogen-bond acceptors (Lipinski definition) is 2. The molecule has 2 heteroatoms. The van der Waals surface area contributed by atoms with E-state index in [4.69, 9.17) is 5.11 Å². The lowest BCUT2D eigenvalue weighted by molar-refractivity contribution is 0.104. The molecule has 0 spiro atoms. The van der Waals surface area contributed by atoms with Crippen LogP contribution in [-0.4, -0.2) is 10.9 Å². The number of carbonyl (C=O) groups excluding carboxylic acids is 1. The van der Waals surface area contributed by atoms with Gasteiger partial charge in [-0.15, -0.1) is 0 Å². The predicted molar refractivity (Wildman–Crippen MR) is 66.7 cm³/mol. The van der Waals surface area contributed by atoms with E-state index < -0.39 is 0 Å². The third-order valence-electron chi connectivity index (χ3n) is 2.32. The second kappa shape index (κ2) is 5.12. The molecule has 0 aromatic heterocycles. The molecule has 0 amide bonds. The molecule has 0 atom stereocenters. The van der Waals surface area contributed by atoms with Crippen LogP contribution in [0.15, 0.2) is 54.6 Å². The SMILES string of the molecule is O=C(/C=C/c1ccc(O)cc1)c1cc[c]cc1. The monoisotopic (exact) mass is 223 g/mol. The minimum absolute atomic E-state index is 0.0490. The van der Waals surface area contributed by atoms with Gasteiger partial charge in [-0.05, 0) is 29.8 Å². The van der Waals surface area contributed by atoms with E-state index in [0.29, 0.717) is 5.56 Å². The molecule has 1 radical (unpaired) electrons. The summed E-state index contributed by atoms with van der Waals surface area (Å²) in [5.74, 6) is 0.166. The quantitative estimate of drug-likeness (QED) is 0.641. The Morgan fingerprint density at radius 3 is 2.35 bits per heavy atom. The molecule has 0 unspecified atom stereocenters. The maximum absolute atomic E-state index is 11.7. The largest absolute Gasteiger partial charge is 0.508 e. The smallest absolute Gasteiger partial charge is 0.185 e. The summed E-state index contributed by atoms with van der Waals surface area (Å²) in [7, 11) is 0. The van der Waals surface area contributed by atoms with Crippen LogP contribution in [0.25, 0.3) is 6.08 Å². The highest BCUT2D eigenvalue weighted by Gasteiger charge is 1.99. The van der Waals surface area contributed by atoms with Crippen LogP contribution < -0.4 is 0 Å². The molecule has 2 nitrogen and oxygen atoms in total. The molecule has 0 aliphatic heterocycles. The van der Waals surface area contributed by atoms with Gasteiger partial charge >= 0.3 is 0 Å². The van der Waals surface area contributed by atoms with Gasteiger partial charge in [-0.25, -0.2) is 0 Å². The molecule has 0 fully saturated rings. The summed E-state index contributed by atoms with van der Waals surface area (Å²) in [5, 5.41) is 9.12. The Morgan fingerprint density at radius 2 is 1.71 bits per heavy atom. The first-order chi connectivity index (χ1) is 8.25. The van der Waals surface area contributed by atoms with E-state index in [1.54, 1.807) is 54.6 Å². The molecule has 0 aliphatic carbocycles. The highest BCUT2D eigenvalue weighted by Crippen LogP contribution is 2.11. The van der Waals surface area contributed by atoms with E-state index in [0.717, 1.165) is 5.56 Å². The number of phenols is 1. The van der Waals surface area contributed by atoms with Gasteiger partial charge in [0.05, 0.1) is 0 Å². The third kappa shape index (κ3) is 3.05. The van der Waals surface area contributed by atoms with E-state index in [9.17, 15) is 4.79 Å². The Labute approximate surface area is 99.8 Å². The van der Waals surface area contributed by atoms with Gasteiger partial charge in [0.25, 0.3) is 0 Å². The average Bonchev–Trinajstić information content (AvgIpc) is 2.39. The minimum Gasteiger partial charge on any atom is -0.508 e. The van der Waals surface area contributed by atoms with Gasteiger partial charge < -0.3 is 5.11 Å². The Morgan fingerprint density at radius 1 is 1.06 bits per heavy atom. The van der Waals surface area contributed by atoms with Gasteiger partial charge in [-0.2, -0.15) is 0 Å².